The summed E-state index contributed by atoms with van der Waals surface area (Å²) in [7, 11) is 0. The van der Waals surface area contributed by atoms with E-state index >= 15 is 0 Å². The van der Waals surface area contributed by atoms with Crippen molar-refractivity contribution in [2.24, 2.45) is 0 Å². The van der Waals surface area contributed by atoms with Gasteiger partial charge in [0, 0.05) is 18.0 Å². The highest BCUT2D eigenvalue weighted by Gasteiger charge is 2.08. The van der Waals surface area contributed by atoms with Gasteiger partial charge in [-0.15, -0.1) is 0 Å². The van der Waals surface area contributed by atoms with Crippen LogP contribution in [-0.2, 0) is 6.54 Å². The molecule has 0 saturated carbocycles. The number of hydrogen-bond donors (Lipinski definition) is 0. The van der Waals surface area contributed by atoms with E-state index in [0.717, 1.165) is 11.0 Å². The van der Waals surface area contributed by atoms with E-state index < -0.39 is 0 Å². The Morgan fingerprint density at radius 3 is 2.89 bits per heavy atom. The monoisotopic (exact) mass is 237 g/mol. The Hall–Kier alpha value is -2.49. The molecule has 2 aromatic heterocycles. The summed E-state index contributed by atoms with van der Waals surface area (Å²) in [5, 5.41) is 0. The Balaban J connectivity index is 1.91. The number of nitrogens with zero attached hydrogens (tertiary/aromatic N) is 3. The summed E-state index contributed by atoms with van der Waals surface area (Å²) in [6.45, 7) is 0.284. The number of ketones is 1. The van der Waals surface area contributed by atoms with Crippen LogP contribution in [0.5, 0.6) is 0 Å². The first-order chi connectivity index (χ1) is 8.84. The highest BCUT2D eigenvalue weighted by Crippen LogP contribution is 2.12. The van der Waals surface area contributed by atoms with Crippen molar-refractivity contribution in [3.8, 4) is 0 Å². The fourth-order valence-electron chi connectivity index (χ4n) is 1.91. The molecule has 0 aliphatic heterocycles. The molecule has 0 radical (unpaired) electrons. The Bertz CT molecular complexity index is 688. The summed E-state index contributed by atoms with van der Waals surface area (Å²) in [5.74, 6) is 0.0336. The number of carbonyl (C=O) groups is 1. The van der Waals surface area contributed by atoms with Crippen molar-refractivity contribution >= 4 is 16.8 Å². The second-order valence-corrected chi connectivity index (χ2v) is 4.03. The van der Waals surface area contributed by atoms with Gasteiger partial charge in [-0.1, -0.05) is 12.1 Å². The smallest absolute Gasteiger partial charge is 0.184 e. The molecule has 88 valence electrons. The van der Waals surface area contributed by atoms with E-state index in [0.29, 0.717) is 5.56 Å². The number of carbonyl (C=O) groups excluding carboxylic acids is 1. The molecule has 0 unspecified atom stereocenters. The van der Waals surface area contributed by atoms with Gasteiger partial charge in [0.25, 0.3) is 0 Å². The van der Waals surface area contributed by atoms with Gasteiger partial charge in [-0.05, 0) is 24.3 Å². The van der Waals surface area contributed by atoms with Crippen LogP contribution in [-0.4, -0.2) is 20.3 Å². The number of para-hydroxylation sites is 2. The van der Waals surface area contributed by atoms with Crippen molar-refractivity contribution in [2.75, 3.05) is 0 Å². The van der Waals surface area contributed by atoms with E-state index in [4.69, 9.17) is 0 Å². The summed E-state index contributed by atoms with van der Waals surface area (Å²) >= 11 is 0. The van der Waals surface area contributed by atoms with Crippen LogP contribution in [0, 0.1) is 0 Å². The molecule has 1 aromatic carbocycles. The molecule has 0 fully saturated rings. The van der Waals surface area contributed by atoms with Crippen molar-refractivity contribution < 1.29 is 4.79 Å². The Morgan fingerprint density at radius 1 is 1.17 bits per heavy atom. The maximum Gasteiger partial charge on any atom is 0.184 e. The van der Waals surface area contributed by atoms with Crippen molar-refractivity contribution in [2.45, 2.75) is 6.54 Å². The SMILES string of the molecule is O=C(Cn1cnc2ccccc21)c1cccnc1. The highest BCUT2D eigenvalue weighted by atomic mass is 16.1. The Kier molecular flexibility index (Phi) is 2.61. The molecule has 3 aromatic rings. The summed E-state index contributed by atoms with van der Waals surface area (Å²) in [5.41, 5.74) is 2.49. The summed E-state index contributed by atoms with van der Waals surface area (Å²) < 4.78 is 1.85. The lowest BCUT2D eigenvalue weighted by Gasteiger charge is -2.03. The molecule has 0 saturated heterocycles. The third kappa shape index (κ3) is 1.88. The van der Waals surface area contributed by atoms with E-state index in [1.807, 2.05) is 28.8 Å². The predicted molar refractivity (Wildman–Crippen MR) is 68.3 cm³/mol. The quantitative estimate of drug-likeness (QED) is 0.657. The minimum Gasteiger partial charge on any atom is -0.323 e. The first kappa shape index (κ1) is 10.7. The third-order valence-corrected chi connectivity index (χ3v) is 2.82. The van der Waals surface area contributed by atoms with E-state index in [1.54, 1.807) is 30.9 Å². The van der Waals surface area contributed by atoms with Crippen LogP contribution >= 0.6 is 0 Å². The number of pyridine rings is 1. The van der Waals surface area contributed by atoms with Gasteiger partial charge >= 0.3 is 0 Å². The van der Waals surface area contributed by atoms with Crippen LogP contribution in [0.4, 0.5) is 0 Å². The second-order valence-electron chi connectivity index (χ2n) is 4.03. The number of Topliss-reactive ketones (excluding diaryl/α,β-unsaturated/α-hetero) is 1. The van der Waals surface area contributed by atoms with Gasteiger partial charge in [-0.25, -0.2) is 4.98 Å². The zero-order valence-corrected chi connectivity index (χ0v) is 9.65. The lowest BCUT2D eigenvalue weighted by atomic mass is 10.2. The molecule has 3 rings (SSSR count). The molecule has 0 bridgehead atoms. The molecule has 4 nitrogen and oxygen atoms in total. The second kappa shape index (κ2) is 4.41. The van der Waals surface area contributed by atoms with Gasteiger partial charge in [-0.3, -0.25) is 9.78 Å². The maximum atomic E-state index is 12.1. The molecule has 0 aliphatic rings. The molecule has 0 amide bonds. The molecular weight excluding hydrogens is 226 g/mol. The van der Waals surface area contributed by atoms with Gasteiger partial charge < -0.3 is 4.57 Å². The minimum atomic E-state index is 0.0336. The summed E-state index contributed by atoms with van der Waals surface area (Å²) in [6.07, 6.45) is 4.93. The van der Waals surface area contributed by atoms with Gasteiger partial charge in [0.2, 0.25) is 0 Å². The van der Waals surface area contributed by atoms with E-state index in [-0.39, 0.29) is 12.3 Å². The topological polar surface area (TPSA) is 47.8 Å². The summed E-state index contributed by atoms with van der Waals surface area (Å²) in [4.78, 5) is 20.3. The lowest BCUT2D eigenvalue weighted by Crippen LogP contribution is -2.09. The molecule has 2 heterocycles. The normalized spacial score (nSPS) is 10.7. The predicted octanol–water partition coefficient (Wildman–Crippen LogP) is 2.31. The zero-order chi connectivity index (χ0) is 12.4. The van der Waals surface area contributed by atoms with Gasteiger partial charge in [0.05, 0.1) is 23.9 Å². The van der Waals surface area contributed by atoms with Gasteiger partial charge in [0.15, 0.2) is 5.78 Å². The fourth-order valence-corrected chi connectivity index (χ4v) is 1.91. The fraction of sp³-hybridized carbons (Fsp3) is 0.0714. The Morgan fingerprint density at radius 2 is 2.06 bits per heavy atom. The highest BCUT2D eigenvalue weighted by molar-refractivity contribution is 5.96. The molecule has 0 spiro atoms. The first-order valence-electron chi connectivity index (χ1n) is 5.68. The molecule has 0 N–H and O–H groups in total. The van der Waals surface area contributed by atoms with Crippen LogP contribution in [0.2, 0.25) is 0 Å². The van der Waals surface area contributed by atoms with Crippen LogP contribution in [0.1, 0.15) is 10.4 Å². The summed E-state index contributed by atoms with van der Waals surface area (Å²) in [6, 6.07) is 11.3. The maximum absolute atomic E-state index is 12.1. The average Bonchev–Trinajstić information content (AvgIpc) is 2.83. The van der Waals surface area contributed by atoms with Gasteiger partial charge in [0.1, 0.15) is 0 Å². The van der Waals surface area contributed by atoms with E-state index in [2.05, 4.69) is 9.97 Å². The minimum absolute atomic E-state index is 0.0336. The van der Waals surface area contributed by atoms with Gasteiger partial charge in [-0.2, -0.15) is 0 Å². The molecule has 0 atom stereocenters. The van der Waals surface area contributed by atoms with Crippen LogP contribution in [0.3, 0.4) is 0 Å². The van der Waals surface area contributed by atoms with Crippen molar-refractivity contribution in [1.82, 2.24) is 14.5 Å². The van der Waals surface area contributed by atoms with Crippen molar-refractivity contribution in [3.63, 3.8) is 0 Å². The number of imidazole rings is 1. The third-order valence-electron chi connectivity index (χ3n) is 2.82. The Labute approximate surface area is 104 Å². The molecular formula is C14H11N3O. The average molecular weight is 237 g/mol. The van der Waals surface area contributed by atoms with Crippen LogP contribution < -0.4 is 0 Å². The number of fused-ring (bicyclic) bond motifs is 1. The number of benzene rings is 1. The standard InChI is InChI=1S/C14H11N3O/c18-14(11-4-3-7-15-8-11)9-17-10-16-12-5-1-2-6-13(12)17/h1-8,10H,9H2. The first-order valence-corrected chi connectivity index (χ1v) is 5.68. The van der Waals surface area contributed by atoms with E-state index in [9.17, 15) is 4.79 Å². The zero-order valence-electron chi connectivity index (χ0n) is 9.65. The number of hydrogen-bond acceptors (Lipinski definition) is 3. The van der Waals surface area contributed by atoms with Crippen LogP contribution in [0.25, 0.3) is 11.0 Å². The van der Waals surface area contributed by atoms with Crippen molar-refractivity contribution in [1.29, 1.82) is 0 Å². The van der Waals surface area contributed by atoms with Crippen LogP contribution in [0.15, 0.2) is 55.1 Å². The molecule has 0 aliphatic carbocycles. The van der Waals surface area contributed by atoms with E-state index in [1.165, 1.54) is 0 Å². The largest absolute Gasteiger partial charge is 0.323 e. The lowest BCUT2D eigenvalue weighted by molar-refractivity contribution is 0.0973. The molecule has 18 heavy (non-hydrogen) atoms. The van der Waals surface area contributed by atoms with Crippen molar-refractivity contribution in [3.05, 3.63) is 60.7 Å². The molecule has 4 heteroatoms. The number of aromatic nitrogens is 3. The number of rotatable bonds is 3.